The summed E-state index contributed by atoms with van der Waals surface area (Å²) >= 11 is 0. The molecule has 0 fully saturated rings. The predicted octanol–water partition coefficient (Wildman–Crippen LogP) is 6.16. The summed E-state index contributed by atoms with van der Waals surface area (Å²) in [5.74, 6) is 0. The molecule has 0 amide bonds. The minimum absolute atomic E-state index is 0.155. The van der Waals surface area contributed by atoms with Crippen molar-refractivity contribution in [2.75, 3.05) is 0 Å². The van der Waals surface area contributed by atoms with Gasteiger partial charge in [-0.25, -0.2) is 0 Å². The molecule has 1 nitrogen and oxygen atoms in total. The monoisotopic (exact) mass is 344 g/mol. The number of rotatable bonds is 6. The maximum Gasteiger partial charge on any atom is 0.386 e. The normalized spacial score (nSPS) is 14.2. The summed E-state index contributed by atoms with van der Waals surface area (Å²) in [5, 5.41) is 0. The molecule has 0 unspecified atom stereocenters. The molecular weight excluding hydrogens is 325 g/mol. The van der Waals surface area contributed by atoms with Crippen LogP contribution in [0, 0.1) is 0 Å². The molecular formula is C21H19F3O. The fourth-order valence-corrected chi connectivity index (χ4v) is 3.13. The van der Waals surface area contributed by atoms with Crippen molar-refractivity contribution in [3.05, 3.63) is 82.9 Å². The molecule has 0 spiro atoms. The van der Waals surface area contributed by atoms with E-state index in [-0.39, 0.29) is 6.42 Å². The summed E-state index contributed by atoms with van der Waals surface area (Å²) in [5.41, 5.74) is 6.50. The van der Waals surface area contributed by atoms with Gasteiger partial charge in [0.1, 0.15) is 0 Å². The van der Waals surface area contributed by atoms with Gasteiger partial charge in [0, 0.05) is 6.42 Å². The van der Waals surface area contributed by atoms with Crippen LogP contribution in [0.25, 0.3) is 11.6 Å². The van der Waals surface area contributed by atoms with Crippen molar-refractivity contribution in [1.82, 2.24) is 0 Å². The van der Waals surface area contributed by atoms with Gasteiger partial charge in [0.25, 0.3) is 0 Å². The van der Waals surface area contributed by atoms with Crippen LogP contribution in [0.1, 0.15) is 35.1 Å². The second-order valence-corrected chi connectivity index (χ2v) is 6.31. The Balaban J connectivity index is 1.75. The summed E-state index contributed by atoms with van der Waals surface area (Å²) in [7, 11) is 0. The van der Waals surface area contributed by atoms with E-state index in [2.05, 4.69) is 29.7 Å². The first-order valence-corrected chi connectivity index (χ1v) is 8.23. The van der Waals surface area contributed by atoms with E-state index in [1.165, 1.54) is 0 Å². The Morgan fingerprint density at radius 3 is 2.56 bits per heavy atom. The maximum atomic E-state index is 12.8. The summed E-state index contributed by atoms with van der Waals surface area (Å²) in [6.07, 6.45) is -0.879. The van der Waals surface area contributed by atoms with Crippen LogP contribution in [0.5, 0.6) is 0 Å². The highest BCUT2D eigenvalue weighted by Gasteiger charge is 2.30. The molecule has 4 heteroatoms. The molecule has 1 aliphatic rings. The van der Waals surface area contributed by atoms with Crippen LogP contribution < -0.4 is 0 Å². The van der Waals surface area contributed by atoms with Gasteiger partial charge in [-0.15, -0.1) is 4.94 Å². The number of aryl methyl sites for hydroxylation is 1. The second kappa shape index (κ2) is 7.28. The van der Waals surface area contributed by atoms with E-state index in [4.69, 9.17) is 0 Å². The smallest absolute Gasteiger partial charge is 0.173 e. The first kappa shape index (κ1) is 17.5. The lowest BCUT2D eigenvalue weighted by Gasteiger charge is -2.20. The largest absolute Gasteiger partial charge is 0.386 e. The molecule has 0 aromatic heterocycles. The second-order valence-electron chi connectivity index (χ2n) is 6.31. The van der Waals surface area contributed by atoms with Gasteiger partial charge < -0.3 is 0 Å². The van der Waals surface area contributed by atoms with Crippen LogP contribution in [0.4, 0.5) is 13.3 Å². The van der Waals surface area contributed by atoms with Crippen LogP contribution in [-0.2, 0) is 17.8 Å². The first-order chi connectivity index (χ1) is 12.0. The fraction of sp³-hybridized carbons (Fsp3) is 0.238. The third-order valence-corrected chi connectivity index (χ3v) is 4.42. The minimum atomic E-state index is -3.70. The van der Waals surface area contributed by atoms with Gasteiger partial charge in [0.15, 0.2) is 0 Å². The molecule has 1 aliphatic carbocycles. The first-order valence-electron chi connectivity index (χ1n) is 8.23. The number of fused-ring (bicyclic) bond motifs is 1. The van der Waals surface area contributed by atoms with Crippen LogP contribution in [0.2, 0.25) is 0 Å². The van der Waals surface area contributed by atoms with Crippen molar-refractivity contribution < 1.29 is 18.2 Å². The van der Waals surface area contributed by atoms with Crippen molar-refractivity contribution in [2.45, 2.75) is 31.8 Å². The lowest BCUT2D eigenvalue weighted by Crippen LogP contribution is -2.16. The van der Waals surface area contributed by atoms with Gasteiger partial charge in [0.05, 0.1) is 0 Å². The Morgan fingerprint density at radius 1 is 1.08 bits per heavy atom. The Morgan fingerprint density at radius 2 is 1.84 bits per heavy atom. The molecule has 0 heterocycles. The molecule has 0 saturated heterocycles. The van der Waals surface area contributed by atoms with Gasteiger partial charge in [-0.2, -0.15) is 8.78 Å². The Kier molecular flexibility index (Phi) is 5.09. The van der Waals surface area contributed by atoms with Crippen LogP contribution in [-0.4, -0.2) is 6.11 Å². The fourth-order valence-electron chi connectivity index (χ4n) is 3.13. The van der Waals surface area contributed by atoms with Gasteiger partial charge in [-0.05, 0) is 63.3 Å². The predicted molar refractivity (Wildman–Crippen MR) is 93.7 cm³/mol. The summed E-state index contributed by atoms with van der Waals surface area (Å²) < 4.78 is 37.2. The van der Waals surface area contributed by atoms with Crippen molar-refractivity contribution in [3.8, 4) is 0 Å². The maximum absolute atomic E-state index is 12.8. The van der Waals surface area contributed by atoms with E-state index in [1.807, 2.05) is 36.4 Å². The van der Waals surface area contributed by atoms with Crippen molar-refractivity contribution in [1.29, 1.82) is 0 Å². The zero-order valence-electron chi connectivity index (χ0n) is 13.8. The van der Waals surface area contributed by atoms with Crippen molar-refractivity contribution >= 4 is 11.6 Å². The Bertz CT molecular complexity index is 794. The molecule has 3 rings (SSSR count). The topological polar surface area (TPSA) is 9.23 Å². The highest BCUT2D eigenvalue weighted by molar-refractivity contribution is 5.93. The molecule has 0 saturated carbocycles. The van der Waals surface area contributed by atoms with Crippen molar-refractivity contribution in [2.24, 2.45) is 0 Å². The number of hydrogen-bond donors (Lipinski definition) is 0. The van der Waals surface area contributed by atoms with Crippen molar-refractivity contribution in [3.63, 3.8) is 0 Å². The summed E-state index contributed by atoms with van der Waals surface area (Å²) in [6.45, 7) is 4.18. The zero-order valence-corrected chi connectivity index (χ0v) is 13.8. The highest BCUT2D eigenvalue weighted by atomic mass is 19.4. The number of hydrogen-bond acceptors (Lipinski definition) is 1. The minimum Gasteiger partial charge on any atom is -0.173 e. The SMILES string of the molecule is C=C1Cc2cc(CCCC(F)(F)OF)ccc2C=C1c1ccccc1. The van der Waals surface area contributed by atoms with Gasteiger partial charge in [0.2, 0.25) is 0 Å². The highest BCUT2D eigenvalue weighted by Crippen LogP contribution is 2.34. The molecule has 25 heavy (non-hydrogen) atoms. The van der Waals surface area contributed by atoms with Gasteiger partial charge in [-0.1, -0.05) is 55.1 Å². The van der Waals surface area contributed by atoms with Crippen LogP contribution in [0.15, 0.2) is 60.7 Å². The number of allylic oxidation sites excluding steroid dienone is 2. The Hall–Kier alpha value is -2.33. The third kappa shape index (κ3) is 4.20. The van der Waals surface area contributed by atoms with Crippen LogP contribution >= 0.6 is 0 Å². The van der Waals surface area contributed by atoms with Crippen LogP contribution in [0.3, 0.4) is 0 Å². The quantitative estimate of drug-likeness (QED) is 0.610. The molecule has 0 N–H and O–H groups in total. The molecule has 2 aromatic carbocycles. The summed E-state index contributed by atoms with van der Waals surface area (Å²) in [4.78, 5) is 2.68. The molecule has 130 valence electrons. The molecule has 0 radical (unpaired) electrons. The van der Waals surface area contributed by atoms with Gasteiger partial charge in [-0.3, -0.25) is 0 Å². The average Bonchev–Trinajstić information content (AvgIpc) is 2.61. The molecule has 2 aromatic rings. The molecule has 0 bridgehead atoms. The van der Waals surface area contributed by atoms with Gasteiger partial charge >= 0.3 is 6.11 Å². The lowest BCUT2D eigenvalue weighted by atomic mass is 9.84. The van der Waals surface area contributed by atoms with E-state index in [0.29, 0.717) is 6.42 Å². The van der Waals surface area contributed by atoms with E-state index >= 15 is 0 Å². The number of benzene rings is 2. The van der Waals surface area contributed by atoms with E-state index in [9.17, 15) is 13.3 Å². The standard InChI is InChI=1S/C21H19F3O/c1-15-12-19-13-16(6-5-11-21(22,23)25-24)9-10-18(19)14-20(15)17-7-3-2-4-8-17/h2-4,7-10,13-14H,1,5-6,11-12H2. The lowest BCUT2D eigenvalue weighted by molar-refractivity contribution is -0.356. The molecule has 0 aliphatic heterocycles. The zero-order chi connectivity index (χ0) is 17.9. The van der Waals surface area contributed by atoms with E-state index < -0.39 is 12.5 Å². The molecule has 0 atom stereocenters. The number of halogens is 3. The Labute approximate surface area is 145 Å². The van der Waals surface area contributed by atoms with E-state index in [0.717, 1.165) is 39.8 Å². The summed E-state index contributed by atoms with van der Waals surface area (Å²) in [6, 6.07) is 16.1. The third-order valence-electron chi connectivity index (χ3n) is 4.42. The number of alkyl halides is 2. The average molecular weight is 344 g/mol. The van der Waals surface area contributed by atoms with E-state index in [1.54, 1.807) is 0 Å².